The van der Waals surface area contributed by atoms with Crippen molar-refractivity contribution in [2.24, 2.45) is 17.2 Å². The highest BCUT2D eigenvalue weighted by Crippen LogP contribution is 2.40. The fourth-order valence-electron chi connectivity index (χ4n) is 7.44. The number of nitrogens with one attached hydrogen (secondary N) is 4. The lowest BCUT2D eigenvalue weighted by Gasteiger charge is -2.32. The maximum Gasteiger partial charge on any atom is 0.255 e. The van der Waals surface area contributed by atoms with Gasteiger partial charge in [0, 0.05) is 43.2 Å². The van der Waals surface area contributed by atoms with Gasteiger partial charge in [-0.1, -0.05) is 48.6 Å². The van der Waals surface area contributed by atoms with Gasteiger partial charge in [-0.3, -0.25) is 24.0 Å². The van der Waals surface area contributed by atoms with Gasteiger partial charge < -0.3 is 52.8 Å². The summed E-state index contributed by atoms with van der Waals surface area (Å²) >= 11 is 0. The number of fused-ring (bicyclic) bond motifs is 5. The van der Waals surface area contributed by atoms with E-state index in [0.29, 0.717) is 51.0 Å². The van der Waals surface area contributed by atoms with Crippen LogP contribution in [-0.2, 0) is 25.6 Å². The summed E-state index contributed by atoms with van der Waals surface area (Å²) in [5, 5.41) is 19.9. The average Bonchev–Trinajstić information content (AvgIpc) is 3.28. The van der Waals surface area contributed by atoms with E-state index in [4.69, 9.17) is 31.9 Å². The number of amides is 5. The minimum absolute atomic E-state index is 0.000414. The molecule has 0 fully saturated rings. The van der Waals surface area contributed by atoms with Crippen molar-refractivity contribution in [2.75, 3.05) is 46.4 Å². The minimum atomic E-state index is -1.41. The number of carbonyl (C=O) groups is 5. The smallest absolute Gasteiger partial charge is 0.255 e. The second kappa shape index (κ2) is 22.4. The van der Waals surface area contributed by atoms with Gasteiger partial charge in [0.25, 0.3) is 5.91 Å². The van der Waals surface area contributed by atoms with Crippen LogP contribution >= 0.6 is 0 Å². The first-order valence-electron chi connectivity index (χ1n) is 21.2. The number of rotatable bonds is 16. The van der Waals surface area contributed by atoms with Crippen molar-refractivity contribution in [1.29, 1.82) is 5.26 Å². The van der Waals surface area contributed by atoms with Crippen LogP contribution in [0.2, 0.25) is 0 Å². The van der Waals surface area contributed by atoms with Crippen molar-refractivity contribution >= 4 is 35.1 Å². The van der Waals surface area contributed by atoms with Gasteiger partial charge in [-0.25, -0.2) is 9.97 Å². The first-order valence-corrected chi connectivity index (χ1v) is 21.2. The monoisotopic (exact) mass is 887 g/mol. The number of ether oxygens (including phenoxy) is 2. The van der Waals surface area contributed by atoms with E-state index in [2.05, 4.69) is 37.8 Å². The number of benzene rings is 3. The molecule has 3 aromatic carbocycles. The lowest BCUT2D eigenvalue weighted by atomic mass is 9.93. The summed E-state index contributed by atoms with van der Waals surface area (Å²) in [6, 6.07) is 14.6. The van der Waals surface area contributed by atoms with Gasteiger partial charge in [-0.15, -0.1) is 0 Å². The van der Waals surface area contributed by atoms with Crippen molar-refractivity contribution in [3.8, 4) is 40.1 Å². The lowest BCUT2D eigenvalue weighted by molar-refractivity contribution is -0.141. The number of nitrogens with two attached hydrogens (primary N) is 3. The topological polar surface area (TPSA) is 283 Å². The summed E-state index contributed by atoms with van der Waals surface area (Å²) in [6.45, 7) is 11.0. The number of likely N-dealkylation sites (N-methyl/N-ethyl adjacent to an activating group) is 1. The summed E-state index contributed by atoms with van der Waals surface area (Å²) in [5.41, 5.74) is 23.1. The maximum absolute atomic E-state index is 14.7. The number of nitriles is 1. The van der Waals surface area contributed by atoms with Crippen molar-refractivity contribution in [1.82, 2.24) is 36.1 Å². The Bertz CT molecular complexity index is 2450. The molecule has 1 aliphatic heterocycles. The Labute approximate surface area is 378 Å². The first-order chi connectivity index (χ1) is 31.1. The zero-order valence-electron chi connectivity index (χ0n) is 37.3. The van der Waals surface area contributed by atoms with E-state index < -0.39 is 53.7 Å². The molecule has 4 aromatic rings. The highest BCUT2D eigenvalue weighted by molar-refractivity contribution is 6.00. The van der Waals surface area contributed by atoms with E-state index in [0.717, 1.165) is 16.7 Å². The summed E-state index contributed by atoms with van der Waals surface area (Å²) in [4.78, 5) is 80.8. The van der Waals surface area contributed by atoms with Crippen LogP contribution in [0.4, 0.5) is 0 Å². The second-order valence-electron chi connectivity index (χ2n) is 15.6. The molecule has 18 heteroatoms. The van der Waals surface area contributed by atoms with Crippen LogP contribution in [0.15, 0.2) is 67.2 Å². The second-order valence-corrected chi connectivity index (χ2v) is 15.6. The normalized spacial score (nSPS) is 16.4. The first kappa shape index (κ1) is 48.8. The number of aromatic nitrogens is 2. The molecule has 10 N–H and O–H groups in total. The number of hydrogen-bond acceptors (Lipinski definition) is 13. The number of nitrogens with zero attached hydrogens (tertiary/aromatic N) is 4. The standard InChI is InChI=1S/C47H57N11O7/c1-26(2)31-8-10-32(11-9-31)42-53-27(3)40(28(4)54-42)45(61)56-36(15-16-48)47(63)58(6)41-33-12-14-39(65-22-19-51)35(25-33)34-23-30(7-13-38(34)64-21-18-50)24-37(44(60)52-20-17-49)57-43(59)29(5)55-46(41)62/h7-14,23,25,29,36-37,41H,1,15-16,18-22,24,48,50-51H2,2-6H3,(H,52,60)(H,55,62)(H,56,61)(H,57,59)/t29-,36-,37-,41-/m0/s1. The van der Waals surface area contributed by atoms with Crippen LogP contribution in [0.25, 0.3) is 28.1 Å². The zero-order chi connectivity index (χ0) is 47.4. The van der Waals surface area contributed by atoms with Crippen LogP contribution in [0.5, 0.6) is 11.5 Å². The van der Waals surface area contributed by atoms with Crippen molar-refractivity contribution in [3.05, 3.63) is 101 Å². The minimum Gasteiger partial charge on any atom is -0.492 e. The van der Waals surface area contributed by atoms with E-state index in [1.54, 1.807) is 50.2 Å². The zero-order valence-corrected chi connectivity index (χ0v) is 37.3. The largest absolute Gasteiger partial charge is 0.492 e. The molecular formula is C47H57N11O7. The molecule has 4 atom stereocenters. The van der Waals surface area contributed by atoms with Crippen molar-refractivity contribution in [3.63, 3.8) is 0 Å². The van der Waals surface area contributed by atoms with Crippen LogP contribution in [-0.4, -0.2) is 109 Å². The Hall–Kier alpha value is -7.20. The van der Waals surface area contributed by atoms with Crippen LogP contribution in [0, 0.1) is 25.2 Å². The molecule has 1 aliphatic rings. The SMILES string of the molecule is C=C(C)c1ccc(-c2nc(C)c(C(=O)N[C@@H](CCN)C(=O)N(C)[C@@H]3C(=O)N[C@@H](C)C(=O)N[C@H](C(=O)NCC#N)Cc4ccc(OCCN)c(c4)-c4cc3ccc4OCCN)c(C)n2)cc1. The molecule has 0 saturated heterocycles. The van der Waals surface area contributed by atoms with Crippen LogP contribution < -0.4 is 47.9 Å². The quantitative estimate of drug-likeness (QED) is 0.0794. The molecule has 0 spiro atoms. The Morgan fingerprint density at radius 3 is 2.11 bits per heavy atom. The fourth-order valence-corrected chi connectivity index (χ4v) is 7.44. The highest BCUT2D eigenvalue weighted by Gasteiger charge is 2.36. The van der Waals surface area contributed by atoms with Gasteiger partial charge in [0.1, 0.15) is 55.4 Å². The molecule has 18 nitrogen and oxygen atoms in total. The summed E-state index contributed by atoms with van der Waals surface area (Å²) in [6.07, 6.45) is -0.00521. The van der Waals surface area contributed by atoms with E-state index >= 15 is 0 Å². The maximum atomic E-state index is 14.7. The van der Waals surface area contributed by atoms with Crippen molar-refractivity contribution in [2.45, 2.75) is 64.7 Å². The number of allylic oxidation sites excluding steroid dienone is 1. The molecule has 0 aliphatic carbocycles. The fraction of sp³-hybridized carbons (Fsp3) is 0.362. The number of carbonyl (C=O) groups excluding carboxylic acids is 5. The Morgan fingerprint density at radius 1 is 0.908 bits per heavy atom. The average molecular weight is 888 g/mol. The molecule has 5 rings (SSSR count). The molecule has 2 heterocycles. The summed E-state index contributed by atoms with van der Waals surface area (Å²) in [5.74, 6) is -2.19. The van der Waals surface area contributed by atoms with E-state index in [1.807, 2.05) is 37.3 Å². The molecule has 342 valence electrons. The van der Waals surface area contributed by atoms with Gasteiger partial charge >= 0.3 is 0 Å². The summed E-state index contributed by atoms with van der Waals surface area (Å²) in [7, 11) is 1.41. The molecular weight excluding hydrogens is 831 g/mol. The van der Waals surface area contributed by atoms with E-state index in [1.165, 1.54) is 18.9 Å². The number of hydrogen-bond donors (Lipinski definition) is 7. The lowest BCUT2D eigenvalue weighted by Crippen LogP contribution is -2.56. The molecule has 0 saturated carbocycles. The third-order valence-corrected chi connectivity index (χ3v) is 10.7. The van der Waals surface area contributed by atoms with Crippen molar-refractivity contribution < 1.29 is 33.4 Å². The van der Waals surface area contributed by atoms with Crippen LogP contribution in [0.3, 0.4) is 0 Å². The third kappa shape index (κ3) is 11.9. The molecule has 5 amide bonds. The number of aryl methyl sites for hydroxylation is 2. The van der Waals surface area contributed by atoms with Gasteiger partial charge in [0.05, 0.1) is 23.0 Å². The van der Waals surface area contributed by atoms with Crippen LogP contribution in [0.1, 0.15) is 64.7 Å². The van der Waals surface area contributed by atoms with E-state index in [9.17, 15) is 24.0 Å². The molecule has 65 heavy (non-hydrogen) atoms. The van der Waals surface area contributed by atoms with Gasteiger partial charge in [0.2, 0.25) is 23.6 Å². The Kier molecular flexibility index (Phi) is 16.8. The predicted octanol–water partition coefficient (Wildman–Crippen LogP) is 1.97. The Morgan fingerprint density at radius 2 is 1.52 bits per heavy atom. The van der Waals surface area contributed by atoms with Gasteiger partial charge in [0.15, 0.2) is 5.82 Å². The van der Waals surface area contributed by atoms with E-state index in [-0.39, 0.29) is 57.8 Å². The third-order valence-electron chi connectivity index (χ3n) is 10.7. The molecule has 4 bridgehead atoms. The van der Waals surface area contributed by atoms with Gasteiger partial charge in [-0.05, 0) is 81.6 Å². The van der Waals surface area contributed by atoms with Gasteiger partial charge in [-0.2, -0.15) is 5.26 Å². The molecule has 0 radical (unpaired) electrons. The molecule has 0 unspecified atom stereocenters. The summed E-state index contributed by atoms with van der Waals surface area (Å²) < 4.78 is 12.2. The predicted molar refractivity (Wildman–Crippen MR) is 245 cm³/mol. The highest BCUT2D eigenvalue weighted by atomic mass is 16.5. The Balaban J connectivity index is 1.58. The molecule has 1 aromatic heterocycles.